The van der Waals surface area contributed by atoms with Gasteiger partial charge in [0.05, 0.1) is 24.2 Å². The Morgan fingerprint density at radius 1 is 1.17 bits per heavy atom. The average molecular weight is 435 g/mol. The van der Waals surface area contributed by atoms with Gasteiger partial charge in [-0.3, -0.25) is 4.90 Å². The number of ether oxygens (including phenoxy) is 1. The quantitative estimate of drug-likeness (QED) is 0.636. The van der Waals surface area contributed by atoms with Crippen LogP contribution in [-0.2, 0) is 14.8 Å². The molecule has 166 valence electrons. The second-order valence-corrected chi connectivity index (χ2v) is 11.4. The molecule has 2 fully saturated rings. The Labute approximate surface area is 180 Å². The largest absolute Gasteiger partial charge is 0.389 e. The summed E-state index contributed by atoms with van der Waals surface area (Å²) >= 11 is 0. The lowest BCUT2D eigenvalue weighted by atomic mass is 9.49. The number of hydrogen-bond acceptors (Lipinski definition) is 5. The molecule has 0 unspecified atom stereocenters. The van der Waals surface area contributed by atoms with Crippen LogP contribution in [-0.4, -0.2) is 74.8 Å². The number of allylic oxidation sites excluding steroid dienone is 1. The maximum atomic E-state index is 12.7. The van der Waals surface area contributed by atoms with E-state index in [1.807, 2.05) is 6.07 Å². The number of sulfonamides is 1. The molecule has 0 amide bonds. The lowest BCUT2D eigenvalue weighted by molar-refractivity contribution is -0.0268. The smallest absolute Gasteiger partial charge is 0.243 e. The lowest BCUT2D eigenvalue weighted by Crippen LogP contribution is -2.50. The van der Waals surface area contributed by atoms with E-state index in [1.165, 1.54) is 16.3 Å². The van der Waals surface area contributed by atoms with Crippen LogP contribution >= 0.6 is 0 Å². The van der Waals surface area contributed by atoms with Crippen LogP contribution in [0.3, 0.4) is 0 Å². The van der Waals surface area contributed by atoms with Crippen LogP contribution < -0.4 is 0 Å². The number of aliphatic hydroxyl groups excluding tert-OH is 1. The summed E-state index contributed by atoms with van der Waals surface area (Å²) in [6.45, 7) is 8.26. The van der Waals surface area contributed by atoms with E-state index in [1.54, 1.807) is 24.3 Å². The van der Waals surface area contributed by atoms with Crippen molar-refractivity contribution in [1.82, 2.24) is 9.21 Å². The van der Waals surface area contributed by atoms with Crippen LogP contribution in [0.4, 0.5) is 0 Å². The van der Waals surface area contributed by atoms with E-state index < -0.39 is 16.1 Å². The van der Waals surface area contributed by atoms with Gasteiger partial charge in [0.15, 0.2) is 0 Å². The molecule has 7 heteroatoms. The van der Waals surface area contributed by atoms with E-state index >= 15 is 0 Å². The van der Waals surface area contributed by atoms with E-state index in [0.717, 1.165) is 12.3 Å². The molecule has 0 radical (unpaired) electrons. The third-order valence-electron chi connectivity index (χ3n) is 7.34. The van der Waals surface area contributed by atoms with Gasteiger partial charge < -0.3 is 9.84 Å². The molecule has 2 bridgehead atoms. The van der Waals surface area contributed by atoms with Gasteiger partial charge in [-0.25, -0.2) is 8.42 Å². The molecular weight excluding hydrogens is 400 g/mol. The van der Waals surface area contributed by atoms with Crippen LogP contribution in [0, 0.1) is 17.3 Å². The summed E-state index contributed by atoms with van der Waals surface area (Å²) in [5.74, 6) is 1.45. The van der Waals surface area contributed by atoms with Crippen LogP contribution in [0.15, 0.2) is 46.9 Å². The molecule has 0 aromatic heterocycles. The van der Waals surface area contributed by atoms with Crippen LogP contribution in [0.5, 0.6) is 0 Å². The predicted molar refractivity (Wildman–Crippen MR) is 117 cm³/mol. The highest BCUT2D eigenvalue weighted by molar-refractivity contribution is 7.89. The number of benzene rings is 1. The van der Waals surface area contributed by atoms with Gasteiger partial charge in [-0.05, 0) is 47.8 Å². The molecule has 0 spiro atoms. The predicted octanol–water partition coefficient (Wildman–Crippen LogP) is 2.36. The van der Waals surface area contributed by atoms with Crippen molar-refractivity contribution in [3.8, 4) is 0 Å². The third-order valence-corrected chi connectivity index (χ3v) is 9.26. The maximum absolute atomic E-state index is 12.7. The summed E-state index contributed by atoms with van der Waals surface area (Å²) in [7, 11) is -3.44. The lowest BCUT2D eigenvalue weighted by Gasteiger charge is -2.56. The number of β-amino-alcohol motifs (C(OH)–C–C–N with tert-alkyl or cyclic N) is 1. The molecule has 3 aliphatic carbocycles. The highest BCUT2D eigenvalue weighted by Crippen LogP contribution is 2.59. The fourth-order valence-corrected chi connectivity index (χ4v) is 6.64. The van der Waals surface area contributed by atoms with Crippen molar-refractivity contribution in [2.24, 2.45) is 17.3 Å². The first-order valence-electron chi connectivity index (χ1n) is 11.0. The van der Waals surface area contributed by atoms with Gasteiger partial charge in [0, 0.05) is 32.7 Å². The minimum Gasteiger partial charge on any atom is -0.389 e. The molecule has 4 aliphatic rings. The Morgan fingerprint density at radius 2 is 1.87 bits per heavy atom. The molecule has 30 heavy (non-hydrogen) atoms. The summed E-state index contributed by atoms with van der Waals surface area (Å²) in [6, 6.07) is 8.57. The number of rotatable bonds is 8. The first-order valence-corrected chi connectivity index (χ1v) is 12.4. The van der Waals surface area contributed by atoms with Crippen molar-refractivity contribution in [2.75, 3.05) is 45.9 Å². The zero-order valence-electron chi connectivity index (χ0n) is 18.0. The SMILES string of the molecule is CC1(C)[C@@H]2CC=C(COC[C@@H](O)CN3CCN(S(=O)(=O)c4ccccc4)CC3)[C@H]1C2. The topological polar surface area (TPSA) is 70.1 Å². The zero-order chi connectivity index (χ0) is 21.4. The van der Waals surface area contributed by atoms with Crippen LogP contribution in [0.2, 0.25) is 0 Å². The van der Waals surface area contributed by atoms with Crippen molar-refractivity contribution in [1.29, 1.82) is 0 Å². The fourth-order valence-electron chi connectivity index (χ4n) is 5.20. The molecule has 1 saturated heterocycles. The molecule has 1 saturated carbocycles. The second-order valence-electron chi connectivity index (χ2n) is 9.51. The van der Waals surface area contributed by atoms with Crippen molar-refractivity contribution in [3.63, 3.8) is 0 Å². The van der Waals surface area contributed by atoms with E-state index in [2.05, 4.69) is 24.8 Å². The first kappa shape index (κ1) is 22.0. The Bertz CT molecular complexity index is 860. The van der Waals surface area contributed by atoms with Crippen molar-refractivity contribution in [3.05, 3.63) is 42.0 Å². The average Bonchev–Trinajstić information content (AvgIpc) is 2.74. The summed E-state index contributed by atoms with van der Waals surface area (Å²) in [6.07, 6.45) is 4.21. The normalized spacial score (nSPS) is 27.9. The van der Waals surface area contributed by atoms with Crippen LogP contribution in [0.1, 0.15) is 26.7 Å². The molecule has 1 aromatic rings. The molecule has 5 rings (SSSR count). The molecule has 1 aliphatic heterocycles. The first-order chi connectivity index (χ1) is 14.3. The maximum Gasteiger partial charge on any atom is 0.243 e. The van der Waals surface area contributed by atoms with Gasteiger partial charge in [-0.1, -0.05) is 38.1 Å². The Hall–Kier alpha value is -1.25. The minimum absolute atomic E-state index is 0.316. The number of hydrogen-bond donors (Lipinski definition) is 1. The van der Waals surface area contributed by atoms with E-state index in [4.69, 9.17) is 4.74 Å². The molecule has 1 N–H and O–H groups in total. The Morgan fingerprint density at radius 3 is 2.50 bits per heavy atom. The van der Waals surface area contributed by atoms with E-state index in [9.17, 15) is 13.5 Å². The van der Waals surface area contributed by atoms with Crippen molar-refractivity contribution < 1.29 is 18.3 Å². The van der Waals surface area contributed by atoms with Crippen molar-refractivity contribution in [2.45, 2.75) is 37.7 Å². The van der Waals surface area contributed by atoms with Crippen molar-refractivity contribution >= 4 is 10.0 Å². The second kappa shape index (κ2) is 8.71. The summed E-state index contributed by atoms with van der Waals surface area (Å²) < 4.78 is 32.8. The van der Waals surface area contributed by atoms with E-state index in [0.29, 0.717) is 62.2 Å². The Kier molecular flexibility index (Phi) is 6.38. The summed E-state index contributed by atoms with van der Waals surface area (Å²) in [5, 5.41) is 10.4. The van der Waals surface area contributed by atoms with Gasteiger partial charge in [0.1, 0.15) is 0 Å². The molecular formula is C23H34N2O4S. The number of piperazine rings is 1. The van der Waals surface area contributed by atoms with Gasteiger partial charge in [-0.2, -0.15) is 4.31 Å². The van der Waals surface area contributed by atoms with Crippen LogP contribution in [0.25, 0.3) is 0 Å². The standard InChI is InChI=1S/C23H34N2O4S/c1-23(2)19-9-8-18(22(23)14-19)16-29-17-20(26)15-24-10-12-25(13-11-24)30(27,28)21-6-4-3-5-7-21/h3-8,19-20,22,26H,9-17H2,1-2H3/t19-,20+,22-/m1/s1. The monoisotopic (exact) mass is 434 g/mol. The Balaban J connectivity index is 1.19. The number of nitrogens with zero attached hydrogens (tertiary/aromatic N) is 2. The van der Waals surface area contributed by atoms with Gasteiger partial charge >= 0.3 is 0 Å². The van der Waals surface area contributed by atoms with E-state index in [-0.39, 0.29) is 0 Å². The number of aliphatic hydroxyl groups is 1. The number of fused-ring (bicyclic) bond motifs is 1. The van der Waals surface area contributed by atoms with Gasteiger partial charge in [0.2, 0.25) is 10.0 Å². The van der Waals surface area contributed by atoms with Gasteiger partial charge in [0.25, 0.3) is 0 Å². The molecule has 1 heterocycles. The highest BCUT2D eigenvalue weighted by atomic mass is 32.2. The molecule has 6 nitrogen and oxygen atoms in total. The summed E-state index contributed by atoms with van der Waals surface area (Å²) in [5.41, 5.74) is 1.79. The molecule has 3 atom stereocenters. The minimum atomic E-state index is -3.44. The fraction of sp³-hybridized carbons (Fsp3) is 0.652. The molecule has 1 aromatic carbocycles. The highest BCUT2D eigenvalue weighted by Gasteiger charge is 2.50. The van der Waals surface area contributed by atoms with Gasteiger partial charge in [-0.15, -0.1) is 0 Å². The zero-order valence-corrected chi connectivity index (χ0v) is 18.9. The third kappa shape index (κ3) is 4.36. The summed E-state index contributed by atoms with van der Waals surface area (Å²) in [4.78, 5) is 2.45.